The molecule has 0 aliphatic carbocycles. The molecular formula is C14H19N3O3. The molecule has 0 atom stereocenters. The SMILES string of the molecule is CC(C)(N)C(C)(C)c1nc(-c2ccc(O)c(O)c2)no1. The van der Waals surface area contributed by atoms with Gasteiger partial charge >= 0.3 is 0 Å². The van der Waals surface area contributed by atoms with Crippen LogP contribution in [0.5, 0.6) is 11.5 Å². The molecule has 0 aliphatic heterocycles. The van der Waals surface area contributed by atoms with Gasteiger partial charge in [-0.1, -0.05) is 5.16 Å². The Morgan fingerprint density at radius 2 is 1.75 bits per heavy atom. The van der Waals surface area contributed by atoms with Crippen LogP contribution in [0.3, 0.4) is 0 Å². The molecule has 0 saturated heterocycles. The van der Waals surface area contributed by atoms with Crippen LogP contribution in [0.15, 0.2) is 22.7 Å². The van der Waals surface area contributed by atoms with Crippen molar-refractivity contribution in [3.05, 3.63) is 24.1 Å². The second-order valence-corrected chi connectivity index (χ2v) is 5.97. The lowest BCUT2D eigenvalue weighted by molar-refractivity contribution is 0.223. The standard InChI is InChI=1S/C14H19N3O3/c1-13(2,14(3,4)15)12-16-11(17-20-12)8-5-6-9(18)10(19)7-8/h5-7,18-19H,15H2,1-4H3. The Morgan fingerprint density at radius 1 is 1.10 bits per heavy atom. The van der Waals surface area contributed by atoms with Gasteiger partial charge in [-0.3, -0.25) is 0 Å². The van der Waals surface area contributed by atoms with Crippen LogP contribution in [0.4, 0.5) is 0 Å². The lowest BCUT2D eigenvalue weighted by Gasteiger charge is -2.34. The first-order valence-electron chi connectivity index (χ1n) is 6.28. The Hall–Kier alpha value is -2.08. The fraction of sp³-hybridized carbons (Fsp3) is 0.429. The van der Waals surface area contributed by atoms with E-state index in [9.17, 15) is 10.2 Å². The van der Waals surface area contributed by atoms with Gasteiger partial charge in [-0.05, 0) is 45.9 Å². The van der Waals surface area contributed by atoms with Crippen LogP contribution in [-0.4, -0.2) is 25.9 Å². The van der Waals surface area contributed by atoms with Crippen molar-refractivity contribution in [3.63, 3.8) is 0 Å². The molecule has 0 bridgehead atoms. The van der Waals surface area contributed by atoms with Gasteiger partial charge in [-0.2, -0.15) is 4.98 Å². The van der Waals surface area contributed by atoms with Gasteiger partial charge in [-0.15, -0.1) is 0 Å². The van der Waals surface area contributed by atoms with Crippen LogP contribution in [0.25, 0.3) is 11.4 Å². The molecule has 0 aliphatic rings. The molecule has 0 unspecified atom stereocenters. The first-order valence-corrected chi connectivity index (χ1v) is 6.28. The highest BCUT2D eigenvalue weighted by molar-refractivity contribution is 5.60. The number of nitrogens with zero attached hydrogens (tertiary/aromatic N) is 2. The van der Waals surface area contributed by atoms with Crippen molar-refractivity contribution in [2.24, 2.45) is 5.73 Å². The Labute approximate surface area is 117 Å². The summed E-state index contributed by atoms with van der Waals surface area (Å²) >= 11 is 0. The summed E-state index contributed by atoms with van der Waals surface area (Å²) in [6.45, 7) is 7.64. The molecule has 2 rings (SSSR count). The maximum Gasteiger partial charge on any atom is 0.234 e. The molecule has 1 heterocycles. The van der Waals surface area contributed by atoms with E-state index in [-0.39, 0.29) is 11.5 Å². The topological polar surface area (TPSA) is 105 Å². The van der Waals surface area contributed by atoms with Gasteiger partial charge in [0.05, 0.1) is 5.41 Å². The highest BCUT2D eigenvalue weighted by atomic mass is 16.5. The average molecular weight is 277 g/mol. The molecule has 0 saturated carbocycles. The quantitative estimate of drug-likeness (QED) is 0.742. The number of rotatable bonds is 3. The van der Waals surface area contributed by atoms with Gasteiger partial charge in [0.25, 0.3) is 0 Å². The maximum atomic E-state index is 9.50. The van der Waals surface area contributed by atoms with Crippen molar-refractivity contribution in [3.8, 4) is 22.9 Å². The van der Waals surface area contributed by atoms with Crippen LogP contribution in [0, 0.1) is 0 Å². The van der Waals surface area contributed by atoms with Crippen LogP contribution in [-0.2, 0) is 5.41 Å². The number of hydrogen-bond donors (Lipinski definition) is 3. The maximum absolute atomic E-state index is 9.50. The summed E-state index contributed by atoms with van der Waals surface area (Å²) in [5.41, 5.74) is 5.66. The van der Waals surface area contributed by atoms with E-state index >= 15 is 0 Å². The van der Waals surface area contributed by atoms with E-state index in [1.165, 1.54) is 12.1 Å². The summed E-state index contributed by atoms with van der Waals surface area (Å²) in [7, 11) is 0. The van der Waals surface area contributed by atoms with Crippen molar-refractivity contribution >= 4 is 0 Å². The number of phenolic OH excluding ortho intramolecular Hbond substituents is 2. The molecule has 1 aromatic heterocycles. The van der Waals surface area contributed by atoms with Crippen LogP contribution in [0.1, 0.15) is 33.6 Å². The molecule has 2 aromatic rings. The van der Waals surface area contributed by atoms with Gasteiger partial charge in [0, 0.05) is 11.1 Å². The minimum atomic E-state index is -0.534. The van der Waals surface area contributed by atoms with Gasteiger partial charge in [0.1, 0.15) is 0 Å². The fourth-order valence-electron chi connectivity index (χ4n) is 1.53. The van der Waals surface area contributed by atoms with Gasteiger partial charge in [-0.25, -0.2) is 0 Å². The van der Waals surface area contributed by atoms with Crippen molar-refractivity contribution in [1.82, 2.24) is 10.1 Å². The molecule has 1 aromatic carbocycles. The Balaban J connectivity index is 2.41. The Bertz CT molecular complexity index is 627. The molecule has 6 heteroatoms. The van der Waals surface area contributed by atoms with Crippen LogP contribution >= 0.6 is 0 Å². The number of benzene rings is 1. The van der Waals surface area contributed by atoms with Crippen molar-refractivity contribution in [2.45, 2.75) is 38.6 Å². The lowest BCUT2D eigenvalue weighted by Crippen LogP contribution is -2.50. The first-order chi connectivity index (χ1) is 9.13. The van der Waals surface area contributed by atoms with E-state index in [0.717, 1.165) is 0 Å². The van der Waals surface area contributed by atoms with Gasteiger partial charge in [0.2, 0.25) is 11.7 Å². The zero-order valence-corrected chi connectivity index (χ0v) is 12.0. The van der Waals surface area contributed by atoms with Crippen LogP contribution < -0.4 is 5.73 Å². The van der Waals surface area contributed by atoms with Crippen molar-refractivity contribution < 1.29 is 14.7 Å². The second-order valence-electron chi connectivity index (χ2n) is 5.97. The molecule has 108 valence electrons. The summed E-state index contributed by atoms with van der Waals surface area (Å²) in [6, 6.07) is 4.35. The third-order valence-electron chi connectivity index (χ3n) is 3.81. The first kappa shape index (κ1) is 14.3. The second kappa shape index (κ2) is 4.49. The fourth-order valence-corrected chi connectivity index (χ4v) is 1.53. The van der Waals surface area contributed by atoms with E-state index in [0.29, 0.717) is 17.3 Å². The van der Waals surface area contributed by atoms with E-state index in [2.05, 4.69) is 10.1 Å². The Kier molecular flexibility index (Phi) is 3.21. The molecule has 4 N–H and O–H groups in total. The number of nitrogens with two attached hydrogens (primary N) is 1. The van der Waals surface area contributed by atoms with E-state index in [4.69, 9.17) is 10.3 Å². The van der Waals surface area contributed by atoms with E-state index in [1.807, 2.05) is 27.7 Å². The van der Waals surface area contributed by atoms with Gasteiger partial charge in [0.15, 0.2) is 11.5 Å². The molecular weight excluding hydrogens is 258 g/mol. The summed E-state index contributed by atoms with van der Waals surface area (Å²) in [4.78, 5) is 4.34. The number of phenols is 2. The largest absolute Gasteiger partial charge is 0.504 e. The molecule has 0 fully saturated rings. The zero-order chi connectivity index (χ0) is 15.1. The molecule has 20 heavy (non-hydrogen) atoms. The van der Waals surface area contributed by atoms with Crippen molar-refractivity contribution in [1.29, 1.82) is 0 Å². The normalized spacial score (nSPS) is 12.7. The van der Waals surface area contributed by atoms with E-state index in [1.54, 1.807) is 6.07 Å². The smallest absolute Gasteiger partial charge is 0.234 e. The third kappa shape index (κ3) is 2.34. The number of hydrogen-bond acceptors (Lipinski definition) is 6. The highest BCUT2D eigenvalue weighted by Gasteiger charge is 2.40. The lowest BCUT2D eigenvalue weighted by atomic mass is 9.75. The highest BCUT2D eigenvalue weighted by Crippen LogP contribution is 2.34. The molecule has 0 amide bonds. The average Bonchev–Trinajstić information content (AvgIpc) is 2.81. The third-order valence-corrected chi connectivity index (χ3v) is 3.81. The number of aromatic hydroxyl groups is 2. The molecule has 0 spiro atoms. The van der Waals surface area contributed by atoms with E-state index < -0.39 is 11.0 Å². The summed E-state index contributed by atoms with van der Waals surface area (Å²) < 4.78 is 5.30. The minimum Gasteiger partial charge on any atom is -0.504 e. The summed E-state index contributed by atoms with van der Waals surface area (Å²) in [6.07, 6.45) is 0. The minimum absolute atomic E-state index is 0.194. The van der Waals surface area contributed by atoms with Crippen LogP contribution in [0.2, 0.25) is 0 Å². The van der Waals surface area contributed by atoms with Gasteiger partial charge < -0.3 is 20.5 Å². The predicted octanol–water partition coefficient (Wildman–Crippen LogP) is 2.16. The Morgan fingerprint density at radius 3 is 2.30 bits per heavy atom. The molecule has 6 nitrogen and oxygen atoms in total. The monoisotopic (exact) mass is 277 g/mol. The molecule has 0 radical (unpaired) electrons. The number of aromatic nitrogens is 2. The predicted molar refractivity (Wildman–Crippen MR) is 74.4 cm³/mol. The van der Waals surface area contributed by atoms with Crippen molar-refractivity contribution in [2.75, 3.05) is 0 Å². The zero-order valence-electron chi connectivity index (χ0n) is 12.0. The summed E-state index contributed by atoms with van der Waals surface area (Å²) in [5, 5.41) is 22.7. The summed E-state index contributed by atoms with van der Waals surface area (Å²) in [5.74, 6) is 0.341.